The fourth-order valence-corrected chi connectivity index (χ4v) is 3.03. The molecule has 3 rings (SSSR count). The number of aryl methyl sites for hydroxylation is 1. The van der Waals surface area contributed by atoms with E-state index in [1.807, 2.05) is 31.2 Å². The maximum Gasteiger partial charge on any atom is 0.327 e. The van der Waals surface area contributed by atoms with Crippen LogP contribution in [-0.4, -0.2) is 21.9 Å². The lowest BCUT2D eigenvalue weighted by Gasteiger charge is -2.10. The number of anilines is 1. The molecule has 6 nitrogen and oxygen atoms in total. The van der Waals surface area contributed by atoms with Crippen molar-refractivity contribution in [1.29, 1.82) is 0 Å². The van der Waals surface area contributed by atoms with Gasteiger partial charge in [0.2, 0.25) is 0 Å². The average molecular weight is 460 g/mol. The molecule has 2 aromatic carbocycles. The van der Waals surface area contributed by atoms with Crippen molar-refractivity contribution in [2.24, 2.45) is 0 Å². The Morgan fingerprint density at radius 3 is 2.50 bits per heavy atom. The standard InChI is InChI=1S/C20H16BrClN4O2/c1-2-16-18(12-7-9-13(21)10-8-12)23-11-17(24-16)25-20(28)26-19(27)14-5-3-4-6-15(14)22/h3-11H,2H2,1H3,(H2,24,25,26,27,28). The summed E-state index contributed by atoms with van der Waals surface area (Å²) in [7, 11) is 0. The van der Waals surface area contributed by atoms with E-state index in [1.54, 1.807) is 18.2 Å². The number of halogens is 2. The second-order valence-corrected chi connectivity index (χ2v) is 7.12. The van der Waals surface area contributed by atoms with Crippen LogP contribution >= 0.6 is 27.5 Å². The van der Waals surface area contributed by atoms with Crippen LogP contribution in [0.2, 0.25) is 5.02 Å². The molecule has 0 atom stereocenters. The third-order valence-electron chi connectivity index (χ3n) is 3.88. The van der Waals surface area contributed by atoms with Crippen LogP contribution in [0.15, 0.2) is 59.2 Å². The summed E-state index contributed by atoms with van der Waals surface area (Å²) in [4.78, 5) is 33.2. The predicted molar refractivity (Wildman–Crippen MR) is 112 cm³/mol. The van der Waals surface area contributed by atoms with Crippen LogP contribution in [0.4, 0.5) is 10.6 Å². The minimum atomic E-state index is -0.710. The molecule has 0 radical (unpaired) electrons. The van der Waals surface area contributed by atoms with Gasteiger partial charge in [0.15, 0.2) is 5.82 Å². The zero-order valence-electron chi connectivity index (χ0n) is 14.9. The van der Waals surface area contributed by atoms with Crippen LogP contribution in [-0.2, 0) is 6.42 Å². The first-order chi connectivity index (χ1) is 13.5. The Morgan fingerprint density at radius 1 is 1.11 bits per heavy atom. The predicted octanol–water partition coefficient (Wildman–Crippen LogP) is 5.08. The Bertz CT molecular complexity index is 1020. The van der Waals surface area contributed by atoms with Crippen molar-refractivity contribution in [3.63, 3.8) is 0 Å². The number of urea groups is 1. The van der Waals surface area contributed by atoms with Crippen LogP contribution in [0.5, 0.6) is 0 Å². The number of benzene rings is 2. The van der Waals surface area contributed by atoms with Crippen molar-refractivity contribution in [1.82, 2.24) is 15.3 Å². The van der Waals surface area contributed by atoms with Gasteiger partial charge in [-0.3, -0.25) is 20.4 Å². The Kier molecular flexibility index (Phi) is 6.38. The number of rotatable bonds is 4. The van der Waals surface area contributed by atoms with Gasteiger partial charge in [-0.05, 0) is 30.7 Å². The van der Waals surface area contributed by atoms with Gasteiger partial charge in [0.25, 0.3) is 5.91 Å². The van der Waals surface area contributed by atoms with Crippen molar-refractivity contribution in [3.8, 4) is 11.3 Å². The molecule has 0 aliphatic heterocycles. The number of nitrogens with one attached hydrogen (secondary N) is 2. The molecule has 0 aliphatic rings. The number of aromatic nitrogens is 2. The van der Waals surface area contributed by atoms with Crippen molar-refractivity contribution in [3.05, 3.63) is 75.5 Å². The van der Waals surface area contributed by atoms with Gasteiger partial charge < -0.3 is 0 Å². The normalized spacial score (nSPS) is 10.4. The molecule has 142 valence electrons. The lowest BCUT2D eigenvalue weighted by molar-refractivity contribution is 0.0967. The molecule has 3 amide bonds. The first-order valence-electron chi connectivity index (χ1n) is 8.46. The number of hydrogen-bond donors (Lipinski definition) is 2. The highest BCUT2D eigenvalue weighted by Gasteiger charge is 2.15. The van der Waals surface area contributed by atoms with Crippen molar-refractivity contribution in [2.45, 2.75) is 13.3 Å². The second kappa shape index (κ2) is 8.95. The lowest BCUT2D eigenvalue weighted by Crippen LogP contribution is -2.34. The van der Waals surface area contributed by atoms with Gasteiger partial charge in [-0.25, -0.2) is 9.78 Å². The third-order valence-corrected chi connectivity index (χ3v) is 4.74. The smallest absolute Gasteiger partial charge is 0.291 e. The van der Waals surface area contributed by atoms with Crippen LogP contribution in [0.1, 0.15) is 23.0 Å². The highest BCUT2D eigenvalue weighted by Crippen LogP contribution is 2.24. The Hall–Kier alpha value is -2.77. The van der Waals surface area contributed by atoms with Crippen LogP contribution in [0, 0.1) is 0 Å². The fraction of sp³-hybridized carbons (Fsp3) is 0.100. The SMILES string of the molecule is CCc1nc(NC(=O)NC(=O)c2ccccc2Cl)cnc1-c1ccc(Br)cc1. The van der Waals surface area contributed by atoms with Gasteiger partial charge in [-0.15, -0.1) is 0 Å². The minimum Gasteiger partial charge on any atom is -0.291 e. The lowest BCUT2D eigenvalue weighted by atomic mass is 10.1. The molecule has 0 saturated carbocycles. The molecular formula is C20H16BrClN4O2. The number of imide groups is 1. The molecule has 2 N–H and O–H groups in total. The van der Waals surface area contributed by atoms with Crippen LogP contribution in [0.25, 0.3) is 11.3 Å². The Balaban J connectivity index is 1.73. The quantitative estimate of drug-likeness (QED) is 0.569. The van der Waals surface area contributed by atoms with Gasteiger partial charge >= 0.3 is 6.03 Å². The minimum absolute atomic E-state index is 0.213. The van der Waals surface area contributed by atoms with E-state index < -0.39 is 11.9 Å². The monoisotopic (exact) mass is 458 g/mol. The molecule has 1 aromatic heterocycles. The zero-order chi connectivity index (χ0) is 20.1. The molecule has 3 aromatic rings. The van der Waals surface area contributed by atoms with Crippen molar-refractivity contribution in [2.75, 3.05) is 5.32 Å². The Morgan fingerprint density at radius 2 is 1.82 bits per heavy atom. The molecule has 8 heteroatoms. The number of carbonyl (C=O) groups excluding carboxylic acids is 2. The molecular weight excluding hydrogens is 444 g/mol. The summed E-state index contributed by atoms with van der Waals surface area (Å²) in [6.45, 7) is 1.96. The van der Waals surface area contributed by atoms with E-state index >= 15 is 0 Å². The fourth-order valence-electron chi connectivity index (χ4n) is 2.55. The van der Waals surface area contributed by atoms with E-state index in [0.717, 1.165) is 21.4 Å². The number of carbonyl (C=O) groups is 2. The van der Waals surface area contributed by atoms with Crippen molar-refractivity contribution < 1.29 is 9.59 Å². The van der Waals surface area contributed by atoms with E-state index in [9.17, 15) is 9.59 Å². The summed E-state index contributed by atoms with van der Waals surface area (Å²) in [5.41, 5.74) is 2.62. The van der Waals surface area contributed by atoms with E-state index in [2.05, 4.69) is 36.5 Å². The number of nitrogens with zero attached hydrogens (tertiary/aromatic N) is 2. The summed E-state index contributed by atoms with van der Waals surface area (Å²) < 4.78 is 0.973. The van der Waals surface area contributed by atoms with Gasteiger partial charge in [0, 0.05) is 10.0 Å². The van der Waals surface area contributed by atoms with E-state index in [1.165, 1.54) is 12.3 Å². The van der Waals surface area contributed by atoms with E-state index in [4.69, 9.17) is 11.6 Å². The summed E-state index contributed by atoms with van der Waals surface area (Å²) in [5, 5.41) is 5.02. The summed E-state index contributed by atoms with van der Waals surface area (Å²) in [6.07, 6.45) is 2.09. The van der Waals surface area contributed by atoms with Crippen molar-refractivity contribution >= 4 is 45.3 Å². The summed E-state index contributed by atoms with van der Waals surface area (Å²) in [5.74, 6) is -0.347. The molecule has 1 heterocycles. The van der Waals surface area contributed by atoms with Gasteiger partial charge in [0.05, 0.1) is 28.2 Å². The summed E-state index contributed by atoms with van der Waals surface area (Å²) >= 11 is 9.38. The molecule has 28 heavy (non-hydrogen) atoms. The average Bonchev–Trinajstić information content (AvgIpc) is 2.68. The zero-order valence-corrected chi connectivity index (χ0v) is 17.2. The maximum absolute atomic E-state index is 12.2. The maximum atomic E-state index is 12.2. The number of amides is 3. The first kappa shape index (κ1) is 20.0. The van der Waals surface area contributed by atoms with Gasteiger partial charge in [-0.1, -0.05) is 58.7 Å². The molecule has 0 saturated heterocycles. The topological polar surface area (TPSA) is 84.0 Å². The highest BCUT2D eigenvalue weighted by atomic mass is 79.9. The third kappa shape index (κ3) is 4.74. The first-order valence-corrected chi connectivity index (χ1v) is 9.63. The molecule has 0 aliphatic carbocycles. The molecule has 0 bridgehead atoms. The molecule has 0 fully saturated rings. The van der Waals surface area contributed by atoms with Gasteiger partial charge in [-0.2, -0.15) is 0 Å². The Labute approximate surface area is 175 Å². The number of hydrogen-bond acceptors (Lipinski definition) is 4. The van der Waals surface area contributed by atoms with E-state index in [-0.39, 0.29) is 16.4 Å². The van der Waals surface area contributed by atoms with E-state index in [0.29, 0.717) is 6.42 Å². The van der Waals surface area contributed by atoms with Crippen LogP contribution in [0.3, 0.4) is 0 Å². The van der Waals surface area contributed by atoms with Crippen LogP contribution < -0.4 is 10.6 Å². The molecule has 0 unspecified atom stereocenters. The largest absolute Gasteiger partial charge is 0.327 e. The highest BCUT2D eigenvalue weighted by molar-refractivity contribution is 9.10. The second-order valence-electron chi connectivity index (χ2n) is 5.80. The molecule has 0 spiro atoms. The van der Waals surface area contributed by atoms with Gasteiger partial charge in [0.1, 0.15) is 0 Å². The summed E-state index contributed by atoms with van der Waals surface area (Å²) in [6, 6.07) is 13.5.